The average molecular weight is 337 g/mol. The van der Waals surface area contributed by atoms with E-state index < -0.39 is 0 Å². The number of nitrogens with zero attached hydrogens (tertiary/aromatic N) is 1. The van der Waals surface area contributed by atoms with Crippen molar-refractivity contribution in [3.8, 4) is 0 Å². The van der Waals surface area contributed by atoms with Gasteiger partial charge in [0.2, 0.25) is 0 Å². The molecule has 128 valence electrons. The van der Waals surface area contributed by atoms with E-state index in [1.807, 2.05) is 42.5 Å². The molecule has 0 radical (unpaired) electrons. The molecule has 0 spiro atoms. The van der Waals surface area contributed by atoms with Crippen molar-refractivity contribution >= 4 is 22.7 Å². The zero-order chi connectivity index (χ0) is 17.2. The van der Waals surface area contributed by atoms with Crippen molar-refractivity contribution in [3.05, 3.63) is 65.9 Å². The van der Waals surface area contributed by atoms with Crippen LogP contribution in [0.5, 0.6) is 0 Å². The van der Waals surface area contributed by atoms with Gasteiger partial charge in [-0.05, 0) is 29.8 Å². The summed E-state index contributed by atoms with van der Waals surface area (Å²) in [4.78, 5) is 13.7. The minimum atomic E-state index is -0.339. The first-order valence-electron chi connectivity index (χ1n) is 8.26. The lowest BCUT2D eigenvalue weighted by atomic mass is 10.1. The van der Waals surface area contributed by atoms with Crippen LogP contribution in [0.15, 0.2) is 59.0 Å². The SMILES string of the molecule is COC[C@H]1CN(c2ccc3oc(Cc4ccccc4)cc3c2)C(=O)O1. The van der Waals surface area contributed by atoms with Crippen LogP contribution in [-0.4, -0.2) is 32.5 Å². The largest absolute Gasteiger partial charge is 0.461 e. The molecule has 1 saturated heterocycles. The van der Waals surface area contributed by atoms with Crippen molar-refractivity contribution in [1.29, 1.82) is 0 Å². The van der Waals surface area contributed by atoms with Crippen molar-refractivity contribution < 1.29 is 18.7 Å². The summed E-state index contributed by atoms with van der Waals surface area (Å²) in [5.74, 6) is 0.902. The normalized spacial score (nSPS) is 17.2. The molecule has 2 heterocycles. The van der Waals surface area contributed by atoms with E-state index in [4.69, 9.17) is 13.9 Å². The third-order valence-corrected chi connectivity index (χ3v) is 4.31. The molecule has 1 atom stereocenters. The number of carbonyl (C=O) groups excluding carboxylic acids is 1. The van der Waals surface area contributed by atoms with E-state index in [2.05, 4.69) is 12.1 Å². The molecule has 1 aliphatic rings. The lowest BCUT2D eigenvalue weighted by Gasteiger charge is -2.12. The van der Waals surface area contributed by atoms with Gasteiger partial charge in [-0.2, -0.15) is 0 Å². The van der Waals surface area contributed by atoms with Gasteiger partial charge >= 0.3 is 6.09 Å². The Balaban J connectivity index is 1.57. The summed E-state index contributed by atoms with van der Waals surface area (Å²) >= 11 is 0. The summed E-state index contributed by atoms with van der Waals surface area (Å²) in [6.45, 7) is 0.893. The maximum atomic E-state index is 12.1. The van der Waals surface area contributed by atoms with Crippen molar-refractivity contribution in [3.63, 3.8) is 0 Å². The smallest absolute Gasteiger partial charge is 0.414 e. The third kappa shape index (κ3) is 3.23. The molecule has 2 aromatic carbocycles. The summed E-state index contributed by atoms with van der Waals surface area (Å²) in [6, 6.07) is 18.0. The Morgan fingerprint density at radius 3 is 2.80 bits per heavy atom. The lowest BCUT2D eigenvalue weighted by molar-refractivity contribution is 0.0718. The molecule has 25 heavy (non-hydrogen) atoms. The quantitative estimate of drug-likeness (QED) is 0.706. The van der Waals surface area contributed by atoms with Gasteiger partial charge in [0, 0.05) is 24.6 Å². The second-order valence-electron chi connectivity index (χ2n) is 6.17. The molecule has 1 fully saturated rings. The molecular formula is C20H19NO4. The van der Waals surface area contributed by atoms with E-state index in [0.29, 0.717) is 13.2 Å². The van der Waals surface area contributed by atoms with Gasteiger partial charge in [0.05, 0.1) is 13.2 Å². The molecule has 4 rings (SSSR count). The van der Waals surface area contributed by atoms with Gasteiger partial charge in [0.15, 0.2) is 0 Å². The third-order valence-electron chi connectivity index (χ3n) is 4.31. The molecule has 5 nitrogen and oxygen atoms in total. The van der Waals surface area contributed by atoms with E-state index in [1.165, 1.54) is 5.56 Å². The number of carbonyl (C=O) groups is 1. The van der Waals surface area contributed by atoms with E-state index in [-0.39, 0.29) is 12.2 Å². The van der Waals surface area contributed by atoms with E-state index in [0.717, 1.165) is 28.8 Å². The minimum absolute atomic E-state index is 0.230. The number of furan rings is 1. The first-order chi connectivity index (χ1) is 12.2. The highest BCUT2D eigenvalue weighted by Gasteiger charge is 2.32. The first kappa shape index (κ1) is 15.7. The Kier molecular flexibility index (Phi) is 4.15. The molecule has 3 aromatic rings. The molecule has 1 aliphatic heterocycles. The zero-order valence-corrected chi connectivity index (χ0v) is 14.0. The van der Waals surface area contributed by atoms with Crippen LogP contribution < -0.4 is 4.90 Å². The molecule has 5 heteroatoms. The van der Waals surface area contributed by atoms with Gasteiger partial charge in [-0.25, -0.2) is 4.79 Å². The molecule has 0 saturated carbocycles. The summed E-state index contributed by atoms with van der Waals surface area (Å²) in [6.07, 6.45) is 0.174. The number of anilines is 1. The Morgan fingerprint density at radius 2 is 2.00 bits per heavy atom. The minimum Gasteiger partial charge on any atom is -0.461 e. The molecule has 1 amide bonds. The number of fused-ring (bicyclic) bond motifs is 1. The molecule has 0 N–H and O–H groups in total. The Morgan fingerprint density at radius 1 is 1.16 bits per heavy atom. The van der Waals surface area contributed by atoms with E-state index in [1.54, 1.807) is 12.0 Å². The second kappa shape index (κ2) is 6.61. The van der Waals surface area contributed by atoms with E-state index in [9.17, 15) is 4.79 Å². The number of amides is 1. The van der Waals surface area contributed by atoms with Crippen LogP contribution in [0.3, 0.4) is 0 Å². The van der Waals surface area contributed by atoms with Crippen LogP contribution in [0.4, 0.5) is 10.5 Å². The highest BCUT2D eigenvalue weighted by molar-refractivity contribution is 5.93. The topological polar surface area (TPSA) is 51.9 Å². The van der Waals surface area contributed by atoms with Crippen LogP contribution in [0, 0.1) is 0 Å². The Hall–Kier alpha value is -2.79. The number of ether oxygens (including phenoxy) is 2. The zero-order valence-electron chi connectivity index (χ0n) is 14.0. The van der Waals surface area contributed by atoms with Crippen LogP contribution >= 0.6 is 0 Å². The number of hydrogen-bond acceptors (Lipinski definition) is 4. The van der Waals surface area contributed by atoms with Gasteiger partial charge in [-0.1, -0.05) is 30.3 Å². The number of hydrogen-bond donors (Lipinski definition) is 0. The lowest BCUT2D eigenvalue weighted by Crippen LogP contribution is -2.25. The van der Waals surface area contributed by atoms with Crippen molar-refractivity contribution in [2.45, 2.75) is 12.5 Å². The number of methoxy groups -OCH3 is 1. The fourth-order valence-corrected chi connectivity index (χ4v) is 3.14. The van der Waals surface area contributed by atoms with Crippen molar-refractivity contribution in [2.24, 2.45) is 0 Å². The maximum Gasteiger partial charge on any atom is 0.414 e. The fraction of sp³-hybridized carbons (Fsp3) is 0.250. The predicted molar refractivity (Wildman–Crippen MR) is 95.0 cm³/mol. The first-order valence-corrected chi connectivity index (χ1v) is 8.26. The van der Waals surface area contributed by atoms with E-state index >= 15 is 0 Å². The van der Waals surface area contributed by atoms with Gasteiger partial charge in [-0.3, -0.25) is 4.90 Å². The maximum absolute atomic E-state index is 12.1. The molecule has 1 aromatic heterocycles. The highest BCUT2D eigenvalue weighted by atomic mass is 16.6. The van der Waals surface area contributed by atoms with Gasteiger partial charge in [-0.15, -0.1) is 0 Å². The summed E-state index contributed by atoms with van der Waals surface area (Å²) in [5.41, 5.74) is 2.83. The number of cyclic esters (lactones) is 1. The summed E-state index contributed by atoms with van der Waals surface area (Å²) in [7, 11) is 1.60. The van der Waals surface area contributed by atoms with Crippen LogP contribution in [0.2, 0.25) is 0 Å². The molecule has 0 unspecified atom stereocenters. The van der Waals surface area contributed by atoms with Crippen LogP contribution in [0.25, 0.3) is 11.0 Å². The summed E-state index contributed by atoms with van der Waals surface area (Å²) in [5, 5.41) is 0.978. The predicted octanol–water partition coefficient (Wildman–Crippen LogP) is 4.00. The average Bonchev–Trinajstić information content (AvgIpc) is 3.18. The fourth-order valence-electron chi connectivity index (χ4n) is 3.14. The molecule has 0 aliphatic carbocycles. The van der Waals surface area contributed by atoms with Crippen molar-refractivity contribution in [2.75, 3.05) is 25.2 Å². The molecule has 0 bridgehead atoms. The highest BCUT2D eigenvalue weighted by Crippen LogP contribution is 2.28. The Bertz CT molecular complexity index is 887. The van der Waals surface area contributed by atoms with Crippen LogP contribution in [-0.2, 0) is 15.9 Å². The van der Waals surface area contributed by atoms with Gasteiger partial charge in [0.1, 0.15) is 17.4 Å². The Labute approximate surface area is 145 Å². The van der Waals surface area contributed by atoms with Crippen molar-refractivity contribution in [1.82, 2.24) is 0 Å². The number of rotatable bonds is 5. The van der Waals surface area contributed by atoms with Gasteiger partial charge < -0.3 is 13.9 Å². The second-order valence-corrected chi connectivity index (χ2v) is 6.17. The van der Waals surface area contributed by atoms with Crippen LogP contribution in [0.1, 0.15) is 11.3 Å². The number of benzene rings is 2. The summed E-state index contributed by atoms with van der Waals surface area (Å²) < 4.78 is 16.3. The molecular weight excluding hydrogens is 318 g/mol. The van der Waals surface area contributed by atoms with Gasteiger partial charge in [0.25, 0.3) is 0 Å². The monoisotopic (exact) mass is 337 g/mol. The standard InChI is InChI=1S/C20H19NO4/c1-23-13-18-12-21(20(22)25-18)16-7-8-19-15(10-16)11-17(24-19)9-14-5-3-2-4-6-14/h2-8,10-11,18H,9,12-13H2,1H3/t18-/m1/s1.